The summed E-state index contributed by atoms with van der Waals surface area (Å²) in [5, 5.41) is 12.7. The molecule has 4 heteroatoms. The molecule has 2 rings (SSSR count). The predicted molar refractivity (Wildman–Crippen MR) is 75.6 cm³/mol. The molecular formula is C14H19NO2S. The minimum Gasteiger partial charge on any atom is -0.478 e. The van der Waals surface area contributed by atoms with Crippen LogP contribution in [0.1, 0.15) is 36.5 Å². The molecule has 1 unspecified atom stereocenters. The summed E-state index contributed by atoms with van der Waals surface area (Å²) in [6.07, 6.45) is 5.67. The van der Waals surface area contributed by atoms with Crippen LogP contribution in [0.2, 0.25) is 0 Å². The van der Waals surface area contributed by atoms with E-state index in [2.05, 4.69) is 12.2 Å². The second kappa shape index (κ2) is 5.65. The molecule has 1 fully saturated rings. The number of nitrogens with one attached hydrogen (secondary N) is 1. The van der Waals surface area contributed by atoms with Crippen LogP contribution in [0.25, 0.3) is 0 Å². The Balaban J connectivity index is 2.17. The van der Waals surface area contributed by atoms with Crippen molar-refractivity contribution in [3.63, 3.8) is 0 Å². The zero-order chi connectivity index (χ0) is 13.1. The predicted octanol–water partition coefficient (Wildman–Crippen LogP) is 3.71. The normalized spacial score (nSPS) is 16.3. The fourth-order valence-electron chi connectivity index (χ4n) is 2.22. The number of anilines is 1. The smallest absolute Gasteiger partial charge is 0.338 e. The van der Waals surface area contributed by atoms with E-state index >= 15 is 0 Å². The van der Waals surface area contributed by atoms with Crippen LogP contribution in [0.4, 0.5) is 5.69 Å². The number of benzene rings is 1. The van der Waals surface area contributed by atoms with Gasteiger partial charge in [0.25, 0.3) is 0 Å². The lowest BCUT2D eigenvalue weighted by molar-refractivity contribution is 0.0694. The zero-order valence-corrected chi connectivity index (χ0v) is 11.6. The highest BCUT2D eigenvalue weighted by Crippen LogP contribution is 2.35. The van der Waals surface area contributed by atoms with E-state index in [0.29, 0.717) is 11.6 Å². The molecule has 0 radical (unpaired) electrons. The highest BCUT2D eigenvalue weighted by atomic mass is 32.2. The first kappa shape index (κ1) is 13.3. The van der Waals surface area contributed by atoms with Gasteiger partial charge in [0.1, 0.15) is 0 Å². The quantitative estimate of drug-likeness (QED) is 0.770. The molecule has 1 atom stereocenters. The van der Waals surface area contributed by atoms with E-state index in [1.807, 2.05) is 24.5 Å². The maximum absolute atomic E-state index is 11.4. The average molecular weight is 265 g/mol. The first-order valence-electron chi connectivity index (χ1n) is 6.28. The van der Waals surface area contributed by atoms with Gasteiger partial charge in [-0.05, 0) is 37.7 Å². The Kier molecular flexibility index (Phi) is 4.17. The van der Waals surface area contributed by atoms with Crippen molar-refractivity contribution in [1.29, 1.82) is 0 Å². The van der Waals surface area contributed by atoms with Gasteiger partial charge >= 0.3 is 5.97 Å². The van der Waals surface area contributed by atoms with E-state index in [-0.39, 0.29) is 0 Å². The molecule has 1 aromatic carbocycles. The summed E-state index contributed by atoms with van der Waals surface area (Å²) in [5.41, 5.74) is 1.13. The van der Waals surface area contributed by atoms with Crippen molar-refractivity contribution in [3.8, 4) is 0 Å². The van der Waals surface area contributed by atoms with Crippen LogP contribution in [-0.2, 0) is 0 Å². The van der Waals surface area contributed by atoms with Crippen LogP contribution < -0.4 is 5.32 Å². The van der Waals surface area contributed by atoms with Crippen molar-refractivity contribution in [3.05, 3.63) is 23.8 Å². The maximum atomic E-state index is 11.4. The van der Waals surface area contributed by atoms with E-state index in [1.165, 1.54) is 24.6 Å². The molecule has 98 valence electrons. The summed E-state index contributed by atoms with van der Waals surface area (Å²) in [5.74, 6) is -0.0226. The fraction of sp³-hybridized carbons (Fsp3) is 0.500. The summed E-state index contributed by atoms with van der Waals surface area (Å²) in [6, 6.07) is 5.94. The topological polar surface area (TPSA) is 49.3 Å². The SMILES string of the molecule is CSc1cccc(NC(C)CC2CC2)c1C(=O)O. The molecule has 0 aromatic heterocycles. The minimum atomic E-state index is -0.860. The summed E-state index contributed by atoms with van der Waals surface area (Å²) in [4.78, 5) is 12.2. The molecule has 0 aliphatic heterocycles. The van der Waals surface area contributed by atoms with E-state index in [0.717, 1.165) is 22.9 Å². The van der Waals surface area contributed by atoms with Crippen LogP contribution in [0.5, 0.6) is 0 Å². The van der Waals surface area contributed by atoms with Crippen molar-refractivity contribution >= 4 is 23.4 Å². The van der Waals surface area contributed by atoms with Crippen molar-refractivity contribution in [2.45, 2.75) is 37.1 Å². The summed E-state index contributed by atoms with van der Waals surface area (Å²) >= 11 is 1.47. The summed E-state index contributed by atoms with van der Waals surface area (Å²) < 4.78 is 0. The van der Waals surface area contributed by atoms with Gasteiger partial charge in [-0.1, -0.05) is 18.9 Å². The molecule has 3 nitrogen and oxygen atoms in total. The van der Waals surface area contributed by atoms with Crippen LogP contribution >= 0.6 is 11.8 Å². The molecule has 0 saturated heterocycles. The Bertz CT molecular complexity index is 443. The first-order valence-corrected chi connectivity index (χ1v) is 7.51. The van der Waals surface area contributed by atoms with Crippen LogP contribution in [-0.4, -0.2) is 23.4 Å². The third-order valence-corrected chi connectivity index (χ3v) is 4.03. The van der Waals surface area contributed by atoms with Gasteiger partial charge in [0.15, 0.2) is 0 Å². The van der Waals surface area contributed by atoms with Crippen molar-refractivity contribution in [2.75, 3.05) is 11.6 Å². The van der Waals surface area contributed by atoms with Crippen LogP contribution in [0, 0.1) is 5.92 Å². The Hall–Kier alpha value is -1.16. The molecule has 0 heterocycles. The zero-order valence-electron chi connectivity index (χ0n) is 10.8. The van der Waals surface area contributed by atoms with Crippen molar-refractivity contribution in [2.24, 2.45) is 5.92 Å². The second-order valence-corrected chi connectivity index (χ2v) is 5.76. The summed E-state index contributed by atoms with van der Waals surface area (Å²) in [7, 11) is 0. The lowest BCUT2D eigenvalue weighted by atomic mass is 10.1. The highest BCUT2D eigenvalue weighted by Gasteiger charge is 2.24. The Morgan fingerprint density at radius 2 is 2.28 bits per heavy atom. The van der Waals surface area contributed by atoms with Gasteiger partial charge in [0.05, 0.1) is 11.3 Å². The van der Waals surface area contributed by atoms with Gasteiger partial charge in [-0.2, -0.15) is 0 Å². The van der Waals surface area contributed by atoms with Gasteiger partial charge in [-0.25, -0.2) is 4.79 Å². The monoisotopic (exact) mass is 265 g/mol. The first-order chi connectivity index (χ1) is 8.61. The van der Waals surface area contributed by atoms with Crippen LogP contribution in [0.15, 0.2) is 23.1 Å². The average Bonchev–Trinajstić information content (AvgIpc) is 3.11. The Labute approximate surface area is 112 Å². The number of rotatable bonds is 6. The number of carbonyl (C=O) groups is 1. The largest absolute Gasteiger partial charge is 0.478 e. The van der Waals surface area contributed by atoms with E-state index in [9.17, 15) is 9.90 Å². The highest BCUT2D eigenvalue weighted by molar-refractivity contribution is 7.98. The second-order valence-electron chi connectivity index (χ2n) is 4.91. The van der Waals surface area contributed by atoms with Gasteiger partial charge < -0.3 is 10.4 Å². The molecule has 0 spiro atoms. The summed E-state index contributed by atoms with van der Waals surface area (Å²) in [6.45, 7) is 2.12. The lowest BCUT2D eigenvalue weighted by Gasteiger charge is -2.18. The van der Waals surface area contributed by atoms with Gasteiger partial charge in [0.2, 0.25) is 0 Å². The van der Waals surface area contributed by atoms with Crippen molar-refractivity contribution in [1.82, 2.24) is 0 Å². The number of carboxylic acids is 1. The Morgan fingerprint density at radius 3 is 2.83 bits per heavy atom. The fourth-order valence-corrected chi connectivity index (χ4v) is 2.84. The van der Waals surface area contributed by atoms with E-state index in [4.69, 9.17) is 0 Å². The molecule has 1 saturated carbocycles. The molecule has 0 amide bonds. The molecule has 18 heavy (non-hydrogen) atoms. The lowest BCUT2D eigenvalue weighted by Crippen LogP contribution is -2.18. The van der Waals surface area contributed by atoms with E-state index < -0.39 is 5.97 Å². The number of thioether (sulfide) groups is 1. The molecule has 0 bridgehead atoms. The minimum absolute atomic E-state index is 0.327. The molecule has 1 aromatic rings. The van der Waals surface area contributed by atoms with E-state index in [1.54, 1.807) is 0 Å². The number of carboxylic acid groups (broad SMARTS) is 1. The van der Waals surface area contributed by atoms with Gasteiger partial charge in [0, 0.05) is 10.9 Å². The third-order valence-electron chi connectivity index (χ3n) is 3.25. The molecule has 1 aliphatic rings. The third kappa shape index (κ3) is 3.19. The van der Waals surface area contributed by atoms with Gasteiger partial charge in [-0.15, -0.1) is 11.8 Å². The standard InChI is InChI=1S/C14H19NO2S/c1-9(8-10-6-7-10)15-11-4-3-5-12(18-2)13(11)14(16)17/h3-5,9-10,15H,6-8H2,1-2H3,(H,16,17). The van der Waals surface area contributed by atoms with Crippen molar-refractivity contribution < 1.29 is 9.90 Å². The maximum Gasteiger partial charge on any atom is 0.338 e. The number of hydrogen-bond acceptors (Lipinski definition) is 3. The number of aromatic carboxylic acids is 1. The Morgan fingerprint density at radius 1 is 1.56 bits per heavy atom. The molecular weight excluding hydrogens is 246 g/mol. The molecule has 1 aliphatic carbocycles. The van der Waals surface area contributed by atoms with Gasteiger partial charge in [-0.3, -0.25) is 0 Å². The van der Waals surface area contributed by atoms with Crippen LogP contribution in [0.3, 0.4) is 0 Å². The number of hydrogen-bond donors (Lipinski definition) is 2. The molecule has 2 N–H and O–H groups in total.